The van der Waals surface area contributed by atoms with Gasteiger partial charge in [0.2, 0.25) is 0 Å². The van der Waals surface area contributed by atoms with Gasteiger partial charge in [-0.25, -0.2) is 0 Å². The highest BCUT2D eigenvalue weighted by Gasteiger charge is 2.14. The summed E-state index contributed by atoms with van der Waals surface area (Å²) in [6, 6.07) is 20.5. The molecule has 3 aromatic carbocycles. The minimum absolute atomic E-state index is 0.182. The van der Waals surface area contributed by atoms with Gasteiger partial charge in [0.15, 0.2) is 22.8 Å². The number of nitrogens with zero attached hydrogens (tertiary/aromatic N) is 2. The SMILES string of the molecule is CC(C)(C)CNc1noc2cc(Br)ccc12.CC(C)(C)c1ccc(CNc2noc3cc(Br)ccc23)cc1. The highest BCUT2D eigenvalue weighted by Crippen LogP contribution is 2.28. The van der Waals surface area contributed by atoms with Crippen molar-refractivity contribution in [1.82, 2.24) is 10.3 Å². The summed E-state index contributed by atoms with van der Waals surface area (Å²) >= 11 is 6.84. The fourth-order valence-electron chi connectivity index (χ4n) is 3.73. The average Bonchev–Trinajstić information content (AvgIpc) is 3.44. The van der Waals surface area contributed by atoms with Crippen molar-refractivity contribution in [2.24, 2.45) is 5.41 Å². The average molecular weight is 642 g/mol. The van der Waals surface area contributed by atoms with Gasteiger partial charge in [-0.2, -0.15) is 0 Å². The van der Waals surface area contributed by atoms with Crippen LogP contribution in [0.1, 0.15) is 52.7 Å². The van der Waals surface area contributed by atoms with Crippen molar-refractivity contribution in [3.05, 3.63) is 80.7 Å². The van der Waals surface area contributed by atoms with Crippen molar-refractivity contribution in [1.29, 1.82) is 0 Å². The molecule has 0 bridgehead atoms. The molecule has 2 N–H and O–H groups in total. The van der Waals surface area contributed by atoms with Crippen LogP contribution >= 0.6 is 31.9 Å². The maximum atomic E-state index is 5.34. The third-order valence-corrected chi connectivity index (χ3v) is 6.92. The van der Waals surface area contributed by atoms with Gasteiger partial charge in [-0.3, -0.25) is 0 Å². The Labute approximate surface area is 240 Å². The summed E-state index contributed by atoms with van der Waals surface area (Å²) in [5.41, 5.74) is 4.54. The number of benzene rings is 3. The first-order valence-electron chi connectivity index (χ1n) is 12.6. The summed E-state index contributed by atoms with van der Waals surface area (Å²) < 4.78 is 12.6. The van der Waals surface area contributed by atoms with Crippen LogP contribution in [0.25, 0.3) is 21.9 Å². The molecule has 0 aliphatic rings. The van der Waals surface area contributed by atoms with Crippen LogP contribution in [0.3, 0.4) is 0 Å². The van der Waals surface area contributed by atoms with Gasteiger partial charge in [-0.05, 0) is 58.4 Å². The fraction of sp³-hybridized carbons (Fsp3) is 0.333. The van der Waals surface area contributed by atoms with E-state index in [2.05, 4.69) is 119 Å². The van der Waals surface area contributed by atoms with E-state index in [9.17, 15) is 0 Å². The smallest absolute Gasteiger partial charge is 0.177 e. The standard InChI is InChI=1S/C18H19BrN2O.C12H15BrN2O/c1-18(2,3)13-6-4-12(5-7-13)11-20-17-15-9-8-14(19)10-16(15)22-21-17;1-12(2,3)7-14-11-9-5-4-8(13)6-10(9)16-15-11/h4-10H,11H2,1-3H3,(H,20,21);4-6H,7H2,1-3H3,(H,14,15). The molecule has 8 heteroatoms. The first-order chi connectivity index (χ1) is 17.9. The fourth-order valence-corrected chi connectivity index (χ4v) is 4.42. The van der Waals surface area contributed by atoms with Crippen molar-refractivity contribution >= 4 is 65.4 Å². The highest BCUT2D eigenvalue weighted by molar-refractivity contribution is 9.10. The molecule has 2 aromatic heterocycles. The highest BCUT2D eigenvalue weighted by atomic mass is 79.9. The minimum atomic E-state index is 0.182. The molecule has 0 saturated heterocycles. The summed E-state index contributed by atoms with van der Waals surface area (Å²) in [7, 11) is 0. The van der Waals surface area contributed by atoms with E-state index in [1.165, 1.54) is 11.1 Å². The number of halogens is 2. The maximum Gasteiger partial charge on any atom is 0.177 e. The summed E-state index contributed by atoms with van der Waals surface area (Å²) in [6.45, 7) is 14.8. The van der Waals surface area contributed by atoms with Gasteiger partial charge in [0.25, 0.3) is 0 Å². The van der Waals surface area contributed by atoms with Gasteiger partial charge in [-0.15, -0.1) is 0 Å². The van der Waals surface area contributed by atoms with Gasteiger partial charge >= 0.3 is 0 Å². The molecule has 0 amide bonds. The number of anilines is 2. The van der Waals surface area contributed by atoms with Gasteiger partial charge in [0.1, 0.15) is 0 Å². The van der Waals surface area contributed by atoms with Gasteiger partial charge in [0.05, 0.1) is 10.8 Å². The topological polar surface area (TPSA) is 76.1 Å². The summed E-state index contributed by atoms with van der Waals surface area (Å²) in [4.78, 5) is 0. The predicted octanol–water partition coefficient (Wildman–Crippen LogP) is 9.55. The Morgan fingerprint density at radius 3 is 1.66 bits per heavy atom. The first kappa shape index (κ1) is 28.2. The van der Waals surface area contributed by atoms with Crippen LogP contribution in [-0.2, 0) is 12.0 Å². The van der Waals surface area contributed by atoms with E-state index < -0.39 is 0 Å². The zero-order chi connectivity index (χ0) is 27.5. The predicted molar refractivity (Wildman–Crippen MR) is 164 cm³/mol. The van der Waals surface area contributed by atoms with Crippen molar-refractivity contribution in [2.75, 3.05) is 17.2 Å². The summed E-state index contributed by atoms with van der Waals surface area (Å²) in [5, 5.41) is 16.8. The van der Waals surface area contributed by atoms with Crippen LogP contribution in [0, 0.1) is 5.41 Å². The Bertz CT molecular complexity index is 1510. The largest absolute Gasteiger partial charge is 0.366 e. The van der Waals surface area contributed by atoms with Crippen LogP contribution in [-0.4, -0.2) is 16.9 Å². The summed E-state index contributed by atoms with van der Waals surface area (Å²) in [5.74, 6) is 1.60. The van der Waals surface area contributed by atoms with Gasteiger partial charge < -0.3 is 19.7 Å². The Morgan fingerprint density at radius 2 is 1.18 bits per heavy atom. The monoisotopic (exact) mass is 640 g/mol. The molecule has 0 spiro atoms. The molecule has 0 saturated carbocycles. The van der Waals surface area contributed by atoms with Crippen LogP contribution in [0.4, 0.5) is 11.6 Å². The van der Waals surface area contributed by atoms with Gasteiger partial charge in [-0.1, -0.05) is 108 Å². The second-order valence-corrected chi connectivity index (χ2v) is 13.4. The molecule has 5 rings (SSSR count). The molecule has 5 aromatic rings. The zero-order valence-electron chi connectivity index (χ0n) is 22.7. The van der Waals surface area contributed by atoms with E-state index in [1.807, 2.05) is 36.4 Å². The number of hydrogen-bond donors (Lipinski definition) is 2. The lowest BCUT2D eigenvalue weighted by atomic mass is 9.87. The lowest BCUT2D eigenvalue weighted by molar-refractivity contribution is 0.434. The van der Waals surface area contributed by atoms with E-state index in [0.29, 0.717) is 0 Å². The molecular weight excluding hydrogens is 608 g/mol. The number of hydrogen-bond acceptors (Lipinski definition) is 6. The van der Waals surface area contributed by atoms with Gasteiger partial charge in [0, 0.05) is 22.0 Å². The number of fused-ring (bicyclic) bond motifs is 2. The Hall–Kier alpha value is -2.84. The van der Waals surface area contributed by atoms with Crippen molar-refractivity contribution in [2.45, 2.75) is 53.5 Å². The quantitative estimate of drug-likeness (QED) is 0.199. The van der Waals surface area contributed by atoms with Crippen molar-refractivity contribution in [3.63, 3.8) is 0 Å². The maximum absolute atomic E-state index is 5.34. The molecule has 0 radical (unpaired) electrons. The molecule has 0 unspecified atom stereocenters. The molecule has 2 heterocycles. The second-order valence-electron chi connectivity index (χ2n) is 11.6. The van der Waals surface area contributed by atoms with E-state index in [-0.39, 0.29) is 10.8 Å². The lowest BCUT2D eigenvalue weighted by Crippen LogP contribution is -2.19. The van der Waals surface area contributed by atoms with E-state index in [1.54, 1.807) is 0 Å². The first-order valence-corrected chi connectivity index (χ1v) is 14.1. The van der Waals surface area contributed by atoms with Crippen molar-refractivity contribution in [3.8, 4) is 0 Å². The molecule has 0 aliphatic carbocycles. The second kappa shape index (κ2) is 11.5. The minimum Gasteiger partial charge on any atom is -0.366 e. The molecule has 0 aliphatic heterocycles. The molecule has 6 nitrogen and oxygen atoms in total. The number of nitrogens with one attached hydrogen (secondary N) is 2. The van der Waals surface area contributed by atoms with E-state index in [0.717, 1.165) is 55.6 Å². The Kier molecular flexibility index (Phi) is 8.52. The van der Waals surface area contributed by atoms with Crippen LogP contribution < -0.4 is 10.6 Å². The molecule has 200 valence electrons. The molecular formula is C30H34Br2N4O2. The molecule has 0 fully saturated rings. The number of aromatic nitrogens is 2. The van der Waals surface area contributed by atoms with Crippen LogP contribution in [0.15, 0.2) is 78.7 Å². The Balaban J connectivity index is 0.000000186. The van der Waals surface area contributed by atoms with E-state index in [4.69, 9.17) is 9.05 Å². The lowest BCUT2D eigenvalue weighted by Gasteiger charge is -2.19. The third-order valence-electron chi connectivity index (χ3n) is 5.93. The van der Waals surface area contributed by atoms with Crippen LogP contribution in [0.2, 0.25) is 0 Å². The van der Waals surface area contributed by atoms with Crippen LogP contribution in [0.5, 0.6) is 0 Å². The molecule has 38 heavy (non-hydrogen) atoms. The molecule has 0 atom stereocenters. The van der Waals surface area contributed by atoms with E-state index >= 15 is 0 Å². The zero-order valence-corrected chi connectivity index (χ0v) is 25.8. The normalized spacial score (nSPS) is 11.9. The summed E-state index contributed by atoms with van der Waals surface area (Å²) in [6.07, 6.45) is 0. The number of rotatable bonds is 5. The Morgan fingerprint density at radius 1 is 0.684 bits per heavy atom. The van der Waals surface area contributed by atoms with Crippen molar-refractivity contribution < 1.29 is 9.05 Å². The third kappa shape index (κ3) is 7.38.